The first-order valence-electron chi connectivity index (χ1n) is 8.43. The predicted molar refractivity (Wildman–Crippen MR) is 97.8 cm³/mol. The first-order valence-corrected chi connectivity index (χ1v) is 8.43. The molecule has 24 heavy (non-hydrogen) atoms. The van der Waals surface area contributed by atoms with Gasteiger partial charge in [-0.05, 0) is 56.2 Å². The van der Waals surface area contributed by atoms with Gasteiger partial charge in [0.1, 0.15) is 11.6 Å². The van der Waals surface area contributed by atoms with Crippen LogP contribution < -0.4 is 15.4 Å². The molecule has 0 radical (unpaired) electrons. The van der Waals surface area contributed by atoms with E-state index in [-0.39, 0.29) is 11.8 Å². The number of carbonyl (C=O) groups is 1. The largest absolute Gasteiger partial charge is 0.494 e. The number of hydrogen-bond acceptors (Lipinski definition) is 4. The molecule has 0 saturated carbocycles. The quantitative estimate of drug-likeness (QED) is 0.744. The van der Waals surface area contributed by atoms with E-state index in [2.05, 4.69) is 15.6 Å². The molecule has 0 aliphatic heterocycles. The molecule has 128 valence electrons. The molecule has 0 aliphatic rings. The van der Waals surface area contributed by atoms with Crippen molar-refractivity contribution in [2.75, 3.05) is 17.2 Å². The number of benzene rings is 1. The molecule has 0 saturated heterocycles. The Kier molecular flexibility index (Phi) is 6.61. The van der Waals surface area contributed by atoms with Crippen LogP contribution in [0, 0.1) is 5.92 Å². The second-order valence-electron chi connectivity index (χ2n) is 5.52. The van der Waals surface area contributed by atoms with Crippen molar-refractivity contribution in [3.05, 3.63) is 42.6 Å². The summed E-state index contributed by atoms with van der Waals surface area (Å²) in [5, 5.41) is 6.13. The molecule has 2 aromatic rings. The third kappa shape index (κ3) is 4.98. The fourth-order valence-electron chi connectivity index (χ4n) is 2.39. The van der Waals surface area contributed by atoms with Gasteiger partial charge in [-0.25, -0.2) is 4.98 Å². The lowest BCUT2D eigenvalue weighted by Gasteiger charge is -2.13. The Bertz CT molecular complexity index is 635. The zero-order valence-corrected chi connectivity index (χ0v) is 14.5. The van der Waals surface area contributed by atoms with Crippen molar-refractivity contribution in [3.63, 3.8) is 0 Å². The van der Waals surface area contributed by atoms with E-state index in [1.807, 2.05) is 57.2 Å². The molecule has 1 aromatic carbocycles. The van der Waals surface area contributed by atoms with Gasteiger partial charge in [-0.3, -0.25) is 4.79 Å². The van der Waals surface area contributed by atoms with Gasteiger partial charge in [-0.2, -0.15) is 0 Å². The minimum absolute atomic E-state index is 0.0478. The summed E-state index contributed by atoms with van der Waals surface area (Å²) in [5.74, 6) is 1.66. The van der Waals surface area contributed by atoms with Crippen LogP contribution in [0.1, 0.15) is 33.6 Å². The number of hydrogen-bond donors (Lipinski definition) is 2. The molecule has 0 aliphatic carbocycles. The lowest BCUT2D eigenvalue weighted by molar-refractivity contribution is -0.120. The van der Waals surface area contributed by atoms with Gasteiger partial charge in [0, 0.05) is 11.6 Å². The van der Waals surface area contributed by atoms with Crippen molar-refractivity contribution in [2.45, 2.75) is 33.6 Å². The Morgan fingerprint density at radius 2 is 1.71 bits per heavy atom. The van der Waals surface area contributed by atoms with Gasteiger partial charge < -0.3 is 15.4 Å². The molecule has 1 aromatic heterocycles. The van der Waals surface area contributed by atoms with Crippen LogP contribution in [0.5, 0.6) is 5.75 Å². The summed E-state index contributed by atoms with van der Waals surface area (Å²) in [6, 6.07) is 11.4. The summed E-state index contributed by atoms with van der Waals surface area (Å²) < 4.78 is 5.42. The highest BCUT2D eigenvalue weighted by molar-refractivity contribution is 5.92. The first-order chi connectivity index (χ1) is 11.7. The Morgan fingerprint density at radius 3 is 2.25 bits per heavy atom. The van der Waals surface area contributed by atoms with Crippen LogP contribution in [0.2, 0.25) is 0 Å². The van der Waals surface area contributed by atoms with Gasteiger partial charge in [0.15, 0.2) is 0 Å². The molecule has 0 atom stereocenters. The standard InChI is InChI=1S/C19H25N3O2/c1-4-14(5-2)19(23)22-16-9-12-18(20-13-16)21-15-7-10-17(11-8-15)24-6-3/h7-14H,4-6H2,1-3H3,(H,20,21)(H,22,23). The first kappa shape index (κ1) is 17.8. The van der Waals surface area contributed by atoms with Gasteiger partial charge in [-0.15, -0.1) is 0 Å². The Hall–Kier alpha value is -2.56. The number of nitrogens with zero attached hydrogens (tertiary/aromatic N) is 1. The summed E-state index contributed by atoms with van der Waals surface area (Å²) in [6.07, 6.45) is 3.34. The number of nitrogens with one attached hydrogen (secondary N) is 2. The number of amides is 1. The molecule has 5 nitrogen and oxygen atoms in total. The number of pyridine rings is 1. The van der Waals surface area contributed by atoms with E-state index in [1.54, 1.807) is 6.20 Å². The molecule has 1 heterocycles. The van der Waals surface area contributed by atoms with E-state index in [4.69, 9.17) is 4.74 Å². The summed E-state index contributed by atoms with van der Waals surface area (Å²) in [7, 11) is 0. The maximum Gasteiger partial charge on any atom is 0.227 e. The third-order valence-electron chi connectivity index (χ3n) is 3.83. The molecule has 0 spiro atoms. The van der Waals surface area contributed by atoms with E-state index in [0.717, 1.165) is 30.1 Å². The summed E-state index contributed by atoms with van der Waals surface area (Å²) in [6.45, 7) is 6.66. The normalized spacial score (nSPS) is 10.5. The average molecular weight is 327 g/mol. The van der Waals surface area contributed by atoms with Crippen molar-refractivity contribution in [1.29, 1.82) is 0 Å². The molecule has 0 unspecified atom stereocenters. The van der Waals surface area contributed by atoms with Crippen LogP contribution in [0.25, 0.3) is 0 Å². The molecule has 1 amide bonds. The number of rotatable bonds is 8. The highest BCUT2D eigenvalue weighted by Gasteiger charge is 2.14. The molecule has 0 bridgehead atoms. The topological polar surface area (TPSA) is 63.2 Å². The minimum atomic E-state index is 0.0478. The Balaban J connectivity index is 1.95. The van der Waals surface area contributed by atoms with Crippen LogP contribution in [0.4, 0.5) is 17.2 Å². The van der Waals surface area contributed by atoms with Crippen LogP contribution in [-0.2, 0) is 4.79 Å². The molecular formula is C19H25N3O2. The summed E-state index contributed by atoms with van der Waals surface area (Å²) in [4.78, 5) is 16.4. The van der Waals surface area contributed by atoms with E-state index < -0.39 is 0 Å². The van der Waals surface area contributed by atoms with E-state index in [9.17, 15) is 4.79 Å². The molecule has 5 heteroatoms. The maximum atomic E-state index is 12.1. The second-order valence-corrected chi connectivity index (χ2v) is 5.52. The van der Waals surface area contributed by atoms with Crippen LogP contribution >= 0.6 is 0 Å². The number of anilines is 3. The third-order valence-corrected chi connectivity index (χ3v) is 3.83. The van der Waals surface area contributed by atoms with Crippen LogP contribution in [-0.4, -0.2) is 17.5 Å². The van der Waals surface area contributed by atoms with Crippen molar-refractivity contribution >= 4 is 23.1 Å². The lowest BCUT2D eigenvalue weighted by Crippen LogP contribution is -2.21. The van der Waals surface area contributed by atoms with Gasteiger partial charge in [-0.1, -0.05) is 13.8 Å². The molecule has 2 N–H and O–H groups in total. The number of ether oxygens (including phenoxy) is 1. The van der Waals surface area contributed by atoms with E-state index in [1.165, 1.54) is 0 Å². The van der Waals surface area contributed by atoms with Crippen molar-refractivity contribution in [1.82, 2.24) is 4.98 Å². The highest BCUT2D eigenvalue weighted by Crippen LogP contribution is 2.20. The second kappa shape index (κ2) is 8.91. The zero-order chi connectivity index (χ0) is 17.4. The van der Waals surface area contributed by atoms with Gasteiger partial charge in [0.25, 0.3) is 0 Å². The van der Waals surface area contributed by atoms with Crippen molar-refractivity contribution < 1.29 is 9.53 Å². The van der Waals surface area contributed by atoms with Crippen molar-refractivity contribution in [3.8, 4) is 5.75 Å². The van der Waals surface area contributed by atoms with Crippen LogP contribution in [0.3, 0.4) is 0 Å². The molecule has 0 fully saturated rings. The van der Waals surface area contributed by atoms with Gasteiger partial charge >= 0.3 is 0 Å². The zero-order valence-electron chi connectivity index (χ0n) is 14.5. The highest BCUT2D eigenvalue weighted by atomic mass is 16.5. The van der Waals surface area contributed by atoms with E-state index >= 15 is 0 Å². The maximum absolute atomic E-state index is 12.1. The number of carbonyl (C=O) groups excluding carboxylic acids is 1. The molecular weight excluding hydrogens is 302 g/mol. The average Bonchev–Trinajstić information content (AvgIpc) is 2.60. The Labute approximate surface area is 143 Å². The summed E-state index contributed by atoms with van der Waals surface area (Å²) in [5.41, 5.74) is 1.64. The van der Waals surface area contributed by atoms with E-state index in [0.29, 0.717) is 12.3 Å². The Morgan fingerprint density at radius 1 is 1.04 bits per heavy atom. The van der Waals surface area contributed by atoms with Crippen molar-refractivity contribution in [2.24, 2.45) is 5.92 Å². The van der Waals surface area contributed by atoms with Gasteiger partial charge in [0.05, 0.1) is 18.5 Å². The minimum Gasteiger partial charge on any atom is -0.494 e. The monoisotopic (exact) mass is 327 g/mol. The van der Waals surface area contributed by atoms with Gasteiger partial charge in [0.2, 0.25) is 5.91 Å². The predicted octanol–water partition coefficient (Wildman–Crippen LogP) is 4.60. The summed E-state index contributed by atoms with van der Waals surface area (Å²) >= 11 is 0. The lowest BCUT2D eigenvalue weighted by atomic mass is 10.0. The SMILES string of the molecule is CCOc1ccc(Nc2ccc(NC(=O)C(CC)CC)cn2)cc1. The van der Waals surface area contributed by atoms with Crippen LogP contribution in [0.15, 0.2) is 42.6 Å². The smallest absolute Gasteiger partial charge is 0.227 e. The fraction of sp³-hybridized carbons (Fsp3) is 0.368. The molecule has 2 rings (SSSR count). The number of aromatic nitrogens is 1. The fourth-order valence-corrected chi connectivity index (χ4v) is 2.39.